The number of anilines is 1. The third-order valence-corrected chi connectivity index (χ3v) is 4.29. The second kappa shape index (κ2) is 4.24. The summed E-state index contributed by atoms with van der Waals surface area (Å²) >= 11 is 0. The summed E-state index contributed by atoms with van der Waals surface area (Å²) < 4.78 is 32.3. The molecule has 0 saturated heterocycles. The van der Waals surface area contributed by atoms with Crippen LogP contribution in [0.25, 0.3) is 0 Å². The molecule has 2 aromatic rings. The maximum atomic E-state index is 12.5. The Kier molecular flexibility index (Phi) is 2.72. The Labute approximate surface area is 120 Å². The molecule has 1 aliphatic rings. The minimum atomic E-state index is -4.73. The number of carbonyl (C=O) groups excluding carboxylic acids is 2. The number of nitrogens with two attached hydrogens (primary N) is 1. The third kappa shape index (κ3) is 1.86. The lowest BCUT2D eigenvalue weighted by molar-refractivity contribution is 0.0976. The lowest BCUT2D eigenvalue weighted by Crippen LogP contribution is -2.24. The number of nitrogen functional groups attached to an aromatic ring is 1. The van der Waals surface area contributed by atoms with Gasteiger partial charge in [-0.1, -0.05) is 24.3 Å². The Balaban J connectivity index is 2.45. The zero-order valence-electron chi connectivity index (χ0n) is 10.5. The van der Waals surface area contributed by atoms with E-state index in [2.05, 4.69) is 0 Å². The van der Waals surface area contributed by atoms with E-state index in [1.165, 1.54) is 24.3 Å². The van der Waals surface area contributed by atoms with Crippen molar-refractivity contribution in [1.29, 1.82) is 0 Å². The molecule has 0 bridgehead atoms. The van der Waals surface area contributed by atoms with E-state index in [4.69, 9.17) is 5.73 Å². The van der Waals surface area contributed by atoms with E-state index in [1.807, 2.05) is 0 Å². The Morgan fingerprint density at radius 2 is 1.43 bits per heavy atom. The monoisotopic (exact) mass is 303 g/mol. The molecule has 0 amide bonds. The van der Waals surface area contributed by atoms with E-state index in [0.717, 1.165) is 0 Å². The average Bonchev–Trinajstić information content (AvgIpc) is 2.43. The fourth-order valence-corrected chi connectivity index (χ4v) is 3.28. The Hall–Kier alpha value is -2.51. The highest BCUT2D eigenvalue weighted by Crippen LogP contribution is 2.34. The van der Waals surface area contributed by atoms with Crippen molar-refractivity contribution in [3.05, 3.63) is 58.7 Å². The number of hydrogen-bond donors (Lipinski definition) is 2. The van der Waals surface area contributed by atoms with Crippen molar-refractivity contribution in [2.24, 2.45) is 0 Å². The average molecular weight is 303 g/mol. The molecule has 0 fully saturated rings. The molecule has 3 rings (SSSR count). The summed E-state index contributed by atoms with van der Waals surface area (Å²) in [6, 6.07) is 8.55. The molecule has 0 heterocycles. The summed E-state index contributed by atoms with van der Waals surface area (Å²) in [4.78, 5) is 24.1. The highest BCUT2D eigenvalue weighted by molar-refractivity contribution is 7.86. The van der Waals surface area contributed by atoms with Crippen LogP contribution < -0.4 is 5.73 Å². The van der Waals surface area contributed by atoms with Crippen LogP contribution in [0.1, 0.15) is 31.8 Å². The molecule has 0 aromatic heterocycles. The van der Waals surface area contributed by atoms with Crippen LogP contribution in [0, 0.1) is 0 Å². The van der Waals surface area contributed by atoms with Crippen LogP contribution in [0.15, 0.2) is 41.3 Å². The van der Waals surface area contributed by atoms with Crippen molar-refractivity contribution >= 4 is 27.4 Å². The minimum absolute atomic E-state index is 0.0828. The summed E-state index contributed by atoms with van der Waals surface area (Å²) in [6.07, 6.45) is 0. The van der Waals surface area contributed by atoms with Crippen molar-refractivity contribution in [3.8, 4) is 0 Å². The summed E-state index contributed by atoms with van der Waals surface area (Å²) in [6.45, 7) is 0. The van der Waals surface area contributed by atoms with Gasteiger partial charge >= 0.3 is 0 Å². The van der Waals surface area contributed by atoms with Crippen molar-refractivity contribution in [2.45, 2.75) is 4.90 Å². The molecule has 0 radical (unpaired) electrons. The molecule has 7 heteroatoms. The smallest absolute Gasteiger partial charge is 0.297 e. The minimum Gasteiger partial charge on any atom is -0.398 e. The van der Waals surface area contributed by atoms with Crippen LogP contribution in [0.3, 0.4) is 0 Å². The van der Waals surface area contributed by atoms with E-state index in [1.54, 1.807) is 12.1 Å². The lowest BCUT2D eigenvalue weighted by atomic mass is 9.84. The first-order valence-corrected chi connectivity index (χ1v) is 7.35. The zero-order chi connectivity index (χ0) is 15.4. The van der Waals surface area contributed by atoms with Crippen molar-refractivity contribution in [3.63, 3.8) is 0 Å². The van der Waals surface area contributed by atoms with Gasteiger partial charge in [0, 0.05) is 16.7 Å². The van der Waals surface area contributed by atoms with Crippen LogP contribution in [0.4, 0.5) is 5.69 Å². The highest BCUT2D eigenvalue weighted by Gasteiger charge is 2.35. The largest absolute Gasteiger partial charge is 0.398 e. The van der Waals surface area contributed by atoms with Crippen molar-refractivity contribution in [2.75, 3.05) is 5.73 Å². The second-order valence-corrected chi connectivity index (χ2v) is 5.94. The summed E-state index contributed by atoms with van der Waals surface area (Å²) in [5.41, 5.74) is 5.10. The topological polar surface area (TPSA) is 115 Å². The van der Waals surface area contributed by atoms with E-state index < -0.39 is 26.6 Å². The summed E-state index contributed by atoms with van der Waals surface area (Å²) in [5.74, 6) is -1.13. The Morgan fingerprint density at radius 1 is 0.857 bits per heavy atom. The maximum absolute atomic E-state index is 12.5. The SMILES string of the molecule is Nc1ccc2c(c1S(=O)(=O)O)C(=O)c1ccccc1C2=O. The molecular formula is C14H9NO5S. The van der Waals surface area contributed by atoms with Crippen LogP contribution >= 0.6 is 0 Å². The van der Waals surface area contributed by atoms with Gasteiger partial charge in [0.1, 0.15) is 4.90 Å². The van der Waals surface area contributed by atoms with Gasteiger partial charge in [0.2, 0.25) is 0 Å². The quantitative estimate of drug-likeness (QED) is 0.517. The number of benzene rings is 2. The number of carbonyl (C=O) groups is 2. The molecule has 0 aliphatic heterocycles. The number of ketones is 2. The van der Waals surface area contributed by atoms with Gasteiger partial charge in [-0.3, -0.25) is 14.1 Å². The summed E-state index contributed by atoms with van der Waals surface area (Å²) in [5, 5.41) is 0. The molecule has 0 spiro atoms. The fourth-order valence-electron chi connectivity index (χ4n) is 2.45. The second-order valence-electron chi connectivity index (χ2n) is 4.59. The number of fused-ring (bicyclic) bond motifs is 2. The van der Waals surface area contributed by atoms with Crippen LogP contribution in [-0.2, 0) is 10.1 Å². The molecule has 0 unspecified atom stereocenters. The summed E-state index contributed by atoms with van der Waals surface area (Å²) in [7, 11) is -4.73. The standard InChI is InChI=1S/C14H9NO5S/c15-10-6-5-9-11(14(10)21(18,19)20)13(17)8-4-2-1-3-7(8)12(9)16/h1-6H,15H2,(H,18,19,20). The maximum Gasteiger partial charge on any atom is 0.297 e. The van der Waals surface area contributed by atoms with Gasteiger partial charge < -0.3 is 5.73 Å². The van der Waals surface area contributed by atoms with E-state index in [-0.39, 0.29) is 27.9 Å². The molecular weight excluding hydrogens is 294 g/mol. The van der Waals surface area contributed by atoms with Crippen LogP contribution in [-0.4, -0.2) is 24.5 Å². The van der Waals surface area contributed by atoms with Crippen LogP contribution in [0.2, 0.25) is 0 Å². The molecule has 6 nitrogen and oxygen atoms in total. The molecule has 1 aliphatic carbocycles. The van der Waals surface area contributed by atoms with Gasteiger partial charge in [-0.25, -0.2) is 0 Å². The first-order chi connectivity index (χ1) is 9.82. The predicted octanol–water partition coefficient (Wildman–Crippen LogP) is 1.29. The van der Waals surface area contributed by atoms with Crippen molar-refractivity contribution in [1.82, 2.24) is 0 Å². The normalized spacial score (nSPS) is 13.8. The molecule has 106 valence electrons. The molecule has 0 saturated carbocycles. The number of rotatable bonds is 1. The van der Waals surface area contributed by atoms with Crippen LogP contribution in [0.5, 0.6) is 0 Å². The fraction of sp³-hybridized carbons (Fsp3) is 0. The first-order valence-electron chi connectivity index (χ1n) is 5.90. The molecule has 3 N–H and O–H groups in total. The predicted molar refractivity (Wildman–Crippen MR) is 74.0 cm³/mol. The molecule has 2 aromatic carbocycles. The van der Waals surface area contributed by atoms with Gasteiger partial charge in [-0.15, -0.1) is 0 Å². The third-order valence-electron chi connectivity index (χ3n) is 3.33. The van der Waals surface area contributed by atoms with E-state index in [9.17, 15) is 22.6 Å². The van der Waals surface area contributed by atoms with Gasteiger partial charge in [0.05, 0.1) is 11.3 Å². The Bertz CT molecular complexity index is 915. The lowest BCUT2D eigenvalue weighted by Gasteiger charge is -2.19. The van der Waals surface area contributed by atoms with E-state index in [0.29, 0.717) is 0 Å². The number of hydrogen-bond acceptors (Lipinski definition) is 5. The Morgan fingerprint density at radius 3 is 2.00 bits per heavy atom. The van der Waals surface area contributed by atoms with Gasteiger partial charge in [0.15, 0.2) is 11.6 Å². The van der Waals surface area contributed by atoms with Crippen molar-refractivity contribution < 1.29 is 22.6 Å². The highest BCUT2D eigenvalue weighted by atomic mass is 32.2. The van der Waals surface area contributed by atoms with Gasteiger partial charge in [-0.2, -0.15) is 8.42 Å². The van der Waals surface area contributed by atoms with Gasteiger partial charge in [-0.05, 0) is 12.1 Å². The first kappa shape index (κ1) is 13.5. The zero-order valence-corrected chi connectivity index (χ0v) is 11.3. The van der Waals surface area contributed by atoms with E-state index >= 15 is 0 Å². The molecule has 21 heavy (non-hydrogen) atoms. The van der Waals surface area contributed by atoms with Gasteiger partial charge in [0.25, 0.3) is 10.1 Å². The molecule has 0 atom stereocenters.